The molecule has 148 valence electrons. The molecule has 0 amide bonds. The Balaban J connectivity index is 2.17. The Labute approximate surface area is 169 Å². The minimum absolute atomic E-state index is 0.0406. The lowest BCUT2D eigenvalue weighted by Gasteiger charge is -2.25. The van der Waals surface area contributed by atoms with Crippen LogP contribution in [0.4, 0.5) is 5.69 Å². The van der Waals surface area contributed by atoms with Crippen molar-refractivity contribution in [1.82, 2.24) is 4.72 Å². The van der Waals surface area contributed by atoms with Gasteiger partial charge in [0.2, 0.25) is 10.0 Å². The summed E-state index contributed by atoms with van der Waals surface area (Å²) < 4.78 is 51.6. The number of anilines is 1. The molecule has 0 saturated heterocycles. The number of nitrogens with zero attached hydrogens (tertiary/aromatic N) is 1. The van der Waals surface area contributed by atoms with Crippen LogP contribution in [0.15, 0.2) is 56.7 Å². The van der Waals surface area contributed by atoms with Gasteiger partial charge in [-0.1, -0.05) is 18.2 Å². The Morgan fingerprint density at radius 2 is 1.74 bits per heavy atom. The maximum Gasteiger partial charge on any atom is 0.241 e. The third-order valence-corrected chi connectivity index (χ3v) is 7.70. The maximum atomic E-state index is 12.7. The molecule has 0 aromatic heterocycles. The van der Waals surface area contributed by atoms with Crippen LogP contribution < -0.4 is 9.62 Å². The molecule has 0 aliphatic heterocycles. The summed E-state index contributed by atoms with van der Waals surface area (Å²) in [6, 6.07) is 11.9. The lowest BCUT2D eigenvalue weighted by atomic mass is 10.2. The minimum Gasteiger partial charge on any atom is -0.370 e. The molecule has 2 rings (SSSR count). The number of nitrogens with one attached hydrogen (secondary N) is 1. The molecule has 0 atom stereocenters. The first-order valence-corrected chi connectivity index (χ1v) is 12.5. The number of sulfone groups is 1. The van der Waals surface area contributed by atoms with Crippen molar-refractivity contribution in [3.63, 3.8) is 0 Å². The lowest BCUT2D eigenvalue weighted by molar-refractivity contribution is 0.580. The number of hydrogen-bond donors (Lipinski definition) is 1. The number of benzene rings is 2. The molecule has 0 spiro atoms. The van der Waals surface area contributed by atoms with Crippen molar-refractivity contribution in [2.75, 3.05) is 30.8 Å². The topological polar surface area (TPSA) is 83.6 Å². The molecule has 0 aliphatic rings. The summed E-state index contributed by atoms with van der Waals surface area (Å²) >= 11 is 3.19. The third kappa shape index (κ3) is 5.54. The van der Waals surface area contributed by atoms with Crippen LogP contribution in [0.2, 0.25) is 0 Å². The number of likely N-dealkylation sites (N-methyl/N-ethyl adjacent to an activating group) is 1. The van der Waals surface area contributed by atoms with Gasteiger partial charge in [0.25, 0.3) is 0 Å². The summed E-state index contributed by atoms with van der Waals surface area (Å²) in [6.45, 7) is 5.44. The second kappa shape index (κ2) is 8.72. The molecule has 0 radical (unpaired) electrons. The van der Waals surface area contributed by atoms with E-state index in [1.165, 1.54) is 18.2 Å². The van der Waals surface area contributed by atoms with Crippen LogP contribution in [0.3, 0.4) is 0 Å². The molecule has 0 fully saturated rings. The second-order valence-corrected chi connectivity index (χ2v) is 10.7. The van der Waals surface area contributed by atoms with Crippen LogP contribution in [0, 0.1) is 6.92 Å². The highest BCUT2D eigenvalue weighted by atomic mass is 79.9. The van der Waals surface area contributed by atoms with Crippen LogP contribution in [-0.2, 0) is 19.9 Å². The van der Waals surface area contributed by atoms with Gasteiger partial charge in [0, 0.05) is 36.1 Å². The number of aryl methyl sites for hydroxylation is 1. The van der Waals surface area contributed by atoms with Gasteiger partial charge in [-0.15, -0.1) is 0 Å². The molecule has 2 aromatic carbocycles. The summed E-state index contributed by atoms with van der Waals surface area (Å²) in [7, 11) is -7.36. The Morgan fingerprint density at radius 3 is 2.33 bits per heavy atom. The molecule has 27 heavy (non-hydrogen) atoms. The van der Waals surface area contributed by atoms with Crippen molar-refractivity contribution in [1.29, 1.82) is 0 Å². The zero-order chi connectivity index (χ0) is 20.2. The zero-order valence-corrected chi connectivity index (χ0v) is 18.7. The number of hydrogen-bond acceptors (Lipinski definition) is 5. The highest BCUT2D eigenvalue weighted by Gasteiger charge is 2.20. The monoisotopic (exact) mass is 474 g/mol. The summed E-state index contributed by atoms with van der Waals surface area (Å²) in [5, 5.41) is 0. The van der Waals surface area contributed by atoms with E-state index in [2.05, 4.69) is 25.6 Å². The van der Waals surface area contributed by atoms with Crippen molar-refractivity contribution in [2.45, 2.75) is 23.6 Å². The van der Waals surface area contributed by atoms with Gasteiger partial charge >= 0.3 is 0 Å². The first-order chi connectivity index (χ1) is 12.6. The molecule has 9 heteroatoms. The summed E-state index contributed by atoms with van der Waals surface area (Å²) in [5.41, 5.74) is 2.17. The minimum atomic E-state index is -3.86. The number of sulfonamides is 1. The summed E-state index contributed by atoms with van der Waals surface area (Å²) in [5.74, 6) is 0. The predicted octanol–water partition coefficient (Wildman–Crippen LogP) is 2.97. The number of halogens is 1. The number of para-hydroxylation sites is 1. The van der Waals surface area contributed by atoms with Gasteiger partial charge in [-0.25, -0.2) is 21.6 Å². The zero-order valence-electron chi connectivity index (χ0n) is 15.4. The van der Waals surface area contributed by atoms with Crippen LogP contribution in [0.5, 0.6) is 0 Å². The van der Waals surface area contributed by atoms with E-state index in [9.17, 15) is 16.8 Å². The lowest BCUT2D eigenvalue weighted by Crippen LogP contribution is -2.35. The predicted molar refractivity (Wildman–Crippen MR) is 112 cm³/mol. The first-order valence-electron chi connectivity index (χ1n) is 8.36. The van der Waals surface area contributed by atoms with E-state index in [4.69, 9.17) is 0 Å². The summed E-state index contributed by atoms with van der Waals surface area (Å²) in [4.78, 5) is 1.95. The van der Waals surface area contributed by atoms with E-state index < -0.39 is 19.9 Å². The fourth-order valence-electron chi connectivity index (χ4n) is 2.68. The number of rotatable bonds is 8. The van der Waals surface area contributed by atoms with Crippen molar-refractivity contribution < 1.29 is 16.8 Å². The van der Waals surface area contributed by atoms with Crippen molar-refractivity contribution in [3.8, 4) is 0 Å². The van der Waals surface area contributed by atoms with Crippen molar-refractivity contribution >= 4 is 41.5 Å². The van der Waals surface area contributed by atoms with Gasteiger partial charge < -0.3 is 4.90 Å². The summed E-state index contributed by atoms with van der Waals surface area (Å²) in [6.07, 6.45) is 1.04. The molecule has 0 aliphatic carbocycles. The van der Waals surface area contributed by atoms with Crippen LogP contribution >= 0.6 is 15.9 Å². The highest BCUT2D eigenvalue weighted by Crippen LogP contribution is 2.25. The Kier molecular flexibility index (Phi) is 7.07. The highest BCUT2D eigenvalue weighted by molar-refractivity contribution is 9.10. The molecule has 0 saturated carbocycles. The SMILES string of the molecule is CCN(CCNS(=O)(=O)c1cc(S(C)(=O)=O)ccc1Br)c1ccccc1C. The van der Waals surface area contributed by atoms with Gasteiger partial charge in [-0.2, -0.15) is 0 Å². The fourth-order valence-corrected chi connectivity index (χ4v) is 5.41. The van der Waals surface area contributed by atoms with Gasteiger partial charge in [-0.05, 0) is 59.6 Å². The van der Waals surface area contributed by atoms with E-state index in [-0.39, 0.29) is 16.3 Å². The standard InChI is InChI=1S/C18H23BrN2O4S2/c1-4-21(17-8-6-5-7-14(17)2)12-11-20-27(24,25)18-13-15(26(3,22)23)9-10-16(18)19/h5-10,13,20H,4,11-12H2,1-3H3. The van der Waals surface area contributed by atoms with E-state index >= 15 is 0 Å². The Hall–Kier alpha value is -1.42. The second-order valence-electron chi connectivity index (χ2n) is 6.13. The average molecular weight is 475 g/mol. The van der Waals surface area contributed by atoms with Gasteiger partial charge in [0.1, 0.15) is 0 Å². The van der Waals surface area contributed by atoms with Gasteiger partial charge in [-0.3, -0.25) is 0 Å². The molecule has 1 N–H and O–H groups in total. The van der Waals surface area contributed by atoms with Crippen LogP contribution in [0.25, 0.3) is 0 Å². The smallest absolute Gasteiger partial charge is 0.241 e. The molecule has 0 heterocycles. The van der Waals surface area contributed by atoms with Crippen LogP contribution in [0.1, 0.15) is 12.5 Å². The normalized spacial score (nSPS) is 12.1. The van der Waals surface area contributed by atoms with Gasteiger partial charge in [0.05, 0.1) is 9.79 Å². The largest absolute Gasteiger partial charge is 0.370 e. The molecule has 6 nitrogen and oxygen atoms in total. The maximum absolute atomic E-state index is 12.7. The molecular weight excluding hydrogens is 452 g/mol. The van der Waals surface area contributed by atoms with E-state index in [0.717, 1.165) is 24.1 Å². The van der Waals surface area contributed by atoms with E-state index in [1.807, 2.05) is 38.1 Å². The fraction of sp³-hybridized carbons (Fsp3) is 0.333. The van der Waals surface area contributed by atoms with Crippen molar-refractivity contribution in [3.05, 3.63) is 52.5 Å². The van der Waals surface area contributed by atoms with Gasteiger partial charge in [0.15, 0.2) is 9.84 Å². The van der Waals surface area contributed by atoms with E-state index in [0.29, 0.717) is 11.0 Å². The van der Waals surface area contributed by atoms with Crippen molar-refractivity contribution in [2.24, 2.45) is 0 Å². The quantitative estimate of drug-likeness (QED) is 0.635. The molecule has 2 aromatic rings. The molecule has 0 bridgehead atoms. The van der Waals surface area contributed by atoms with Crippen LogP contribution in [-0.4, -0.2) is 42.7 Å². The van der Waals surface area contributed by atoms with E-state index in [1.54, 1.807) is 0 Å². The first kappa shape index (κ1) is 21.9. The molecule has 0 unspecified atom stereocenters. The Bertz CT molecular complexity index is 1020. The Morgan fingerprint density at radius 1 is 1.07 bits per heavy atom. The third-order valence-electron chi connectivity index (χ3n) is 4.13. The average Bonchev–Trinajstić information content (AvgIpc) is 2.59. The molecular formula is C18H23BrN2O4S2.